The number of rotatable bonds is 6. The number of nitrogens with zero attached hydrogens (tertiary/aromatic N) is 1. The highest BCUT2D eigenvalue weighted by Crippen LogP contribution is 2.01. The van der Waals surface area contributed by atoms with Gasteiger partial charge in [-0.1, -0.05) is 0 Å². The molecule has 0 spiro atoms. The van der Waals surface area contributed by atoms with Gasteiger partial charge in [0.05, 0.1) is 0 Å². The van der Waals surface area contributed by atoms with Gasteiger partial charge in [-0.2, -0.15) is 0 Å². The lowest BCUT2D eigenvalue weighted by atomic mass is 10.1. The molecule has 0 aromatic heterocycles. The van der Waals surface area contributed by atoms with Crippen molar-refractivity contribution in [3.05, 3.63) is 0 Å². The maximum absolute atomic E-state index is 3.61. The second-order valence-corrected chi connectivity index (χ2v) is 4.51. The fourth-order valence-corrected chi connectivity index (χ4v) is 1.89. The van der Waals surface area contributed by atoms with E-state index in [-0.39, 0.29) is 0 Å². The Balaban J connectivity index is 1.87. The lowest BCUT2D eigenvalue weighted by molar-refractivity contribution is 0.367. The monoisotopic (exact) mass is 199 g/mol. The van der Waals surface area contributed by atoms with Crippen molar-refractivity contribution >= 4 is 0 Å². The second kappa shape index (κ2) is 7.21. The van der Waals surface area contributed by atoms with Crippen molar-refractivity contribution in [1.82, 2.24) is 15.5 Å². The van der Waals surface area contributed by atoms with Crippen LogP contribution in [0, 0.1) is 0 Å². The van der Waals surface area contributed by atoms with Crippen LogP contribution in [0.15, 0.2) is 0 Å². The van der Waals surface area contributed by atoms with Crippen LogP contribution in [0.1, 0.15) is 25.7 Å². The van der Waals surface area contributed by atoms with Gasteiger partial charge in [0.15, 0.2) is 0 Å². The van der Waals surface area contributed by atoms with Crippen molar-refractivity contribution in [2.75, 3.05) is 40.3 Å². The maximum atomic E-state index is 3.61. The molecule has 1 heterocycles. The molecule has 14 heavy (non-hydrogen) atoms. The van der Waals surface area contributed by atoms with Gasteiger partial charge in [0.25, 0.3) is 0 Å². The van der Waals surface area contributed by atoms with Crippen LogP contribution in [0.4, 0.5) is 0 Å². The van der Waals surface area contributed by atoms with Crippen LogP contribution >= 0.6 is 0 Å². The molecule has 3 nitrogen and oxygen atoms in total. The fourth-order valence-electron chi connectivity index (χ4n) is 1.89. The summed E-state index contributed by atoms with van der Waals surface area (Å²) in [4.78, 5) is 2.25. The average molecular weight is 199 g/mol. The number of nitrogens with one attached hydrogen (secondary N) is 2. The van der Waals surface area contributed by atoms with Crippen LogP contribution < -0.4 is 10.6 Å². The highest BCUT2D eigenvalue weighted by Gasteiger charge is 2.10. The Morgan fingerprint density at radius 1 is 1.36 bits per heavy atom. The van der Waals surface area contributed by atoms with E-state index >= 15 is 0 Å². The summed E-state index contributed by atoms with van der Waals surface area (Å²) in [6, 6.07) is 0.725. The Hall–Kier alpha value is -0.120. The minimum absolute atomic E-state index is 0.725. The first-order valence-corrected chi connectivity index (χ1v) is 5.88. The molecule has 1 unspecified atom stereocenters. The van der Waals surface area contributed by atoms with E-state index in [0.717, 1.165) is 12.6 Å². The van der Waals surface area contributed by atoms with E-state index in [2.05, 4.69) is 29.6 Å². The van der Waals surface area contributed by atoms with E-state index in [1.807, 2.05) is 0 Å². The Morgan fingerprint density at radius 2 is 2.21 bits per heavy atom. The van der Waals surface area contributed by atoms with E-state index in [1.54, 1.807) is 0 Å². The molecule has 0 amide bonds. The standard InChI is InChI=1S/C11H25N3/c1-14(2)9-4-3-8-13-11-6-5-7-12-10-11/h11-13H,3-10H2,1-2H3. The molecule has 0 aromatic rings. The van der Waals surface area contributed by atoms with Crippen LogP contribution in [-0.2, 0) is 0 Å². The third-order valence-electron chi connectivity index (χ3n) is 2.76. The van der Waals surface area contributed by atoms with Crippen LogP contribution in [0.3, 0.4) is 0 Å². The van der Waals surface area contributed by atoms with Gasteiger partial charge in [0.2, 0.25) is 0 Å². The minimum Gasteiger partial charge on any atom is -0.315 e. The zero-order chi connectivity index (χ0) is 10.2. The lowest BCUT2D eigenvalue weighted by Crippen LogP contribution is -2.43. The van der Waals surface area contributed by atoms with Gasteiger partial charge < -0.3 is 15.5 Å². The van der Waals surface area contributed by atoms with E-state index in [1.165, 1.54) is 45.3 Å². The molecule has 84 valence electrons. The van der Waals surface area contributed by atoms with Crippen molar-refractivity contribution in [2.45, 2.75) is 31.7 Å². The van der Waals surface area contributed by atoms with E-state index in [9.17, 15) is 0 Å². The lowest BCUT2D eigenvalue weighted by Gasteiger charge is -2.23. The number of hydrogen-bond donors (Lipinski definition) is 2. The van der Waals surface area contributed by atoms with Crippen LogP contribution in [0.25, 0.3) is 0 Å². The van der Waals surface area contributed by atoms with Crippen molar-refractivity contribution in [3.8, 4) is 0 Å². The second-order valence-electron chi connectivity index (χ2n) is 4.51. The van der Waals surface area contributed by atoms with Gasteiger partial charge in [-0.05, 0) is 59.4 Å². The highest BCUT2D eigenvalue weighted by atomic mass is 15.0. The van der Waals surface area contributed by atoms with Crippen LogP contribution in [-0.4, -0.2) is 51.2 Å². The third-order valence-corrected chi connectivity index (χ3v) is 2.76. The van der Waals surface area contributed by atoms with Gasteiger partial charge in [0, 0.05) is 12.6 Å². The normalized spacial score (nSPS) is 22.9. The largest absolute Gasteiger partial charge is 0.315 e. The topological polar surface area (TPSA) is 27.3 Å². The molecular formula is C11H25N3. The molecule has 1 aliphatic rings. The molecule has 0 saturated carbocycles. The Bertz CT molecular complexity index is 130. The summed E-state index contributed by atoms with van der Waals surface area (Å²) in [6.07, 6.45) is 5.28. The summed E-state index contributed by atoms with van der Waals surface area (Å²) in [5.74, 6) is 0. The van der Waals surface area contributed by atoms with Gasteiger partial charge in [-0.25, -0.2) is 0 Å². The van der Waals surface area contributed by atoms with Crippen molar-refractivity contribution in [1.29, 1.82) is 0 Å². The highest BCUT2D eigenvalue weighted by molar-refractivity contribution is 4.74. The van der Waals surface area contributed by atoms with Crippen LogP contribution in [0.5, 0.6) is 0 Å². The van der Waals surface area contributed by atoms with Gasteiger partial charge in [-0.3, -0.25) is 0 Å². The van der Waals surface area contributed by atoms with E-state index in [4.69, 9.17) is 0 Å². The fraction of sp³-hybridized carbons (Fsp3) is 1.00. The molecule has 0 radical (unpaired) electrons. The smallest absolute Gasteiger partial charge is 0.0192 e. The molecule has 0 bridgehead atoms. The molecule has 1 atom stereocenters. The SMILES string of the molecule is CN(C)CCCCNC1CCCNC1. The summed E-state index contributed by atoms with van der Waals surface area (Å²) in [5, 5.41) is 7.04. The Labute approximate surface area is 88.2 Å². The first-order valence-electron chi connectivity index (χ1n) is 5.88. The van der Waals surface area contributed by atoms with Crippen molar-refractivity contribution in [2.24, 2.45) is 0 Å². The van der Waals surface area contributed by atoms with Crippen LogP contribution in [0.2, 0.25) is 0 Å². The maximum Gasteiger partial charge on any atom is 0.0192 e. The zero-order valence-electron chi connectivity index (χ0n) is 9.68. The molecule has 0 aromatic carbocycles. The van der Waals surface area contributed by atoms with Gasteiger partial charge >= 0.3 is 0 Å². The first kappa shape index (κ1) is 12.0. The molecule has 1 saturated heterocycles. The predicted molar refractivity (Wildman–Crippen MR) is 61.7 cm³/mol. The Morgan fingerprint density at radius 3 is 2.86 bits per heavy atom. The zero-order valence-corrected chi connectivity index (χ0v) is 9.68. The third kappa shape index (κ3) is 5.58. The van der Waals surface area contributed by atoms with Gasteiger partial charge in [-0.15, -0.1) is 0 Å². The first-order chi connectivity index (χ1) is 6.79. The molecule has 0 aliphatic carbocycles. The minimum atomic E-state index is 0.725. The molecule has 1 fully saturated rings. The van der Waals surface area contributed by atoms with Gasteiger partial charge in [0.1, 0.15) is 0 Å². The number of piperidine rings is 1. The number of hydrogen-bond acceptors (Lipinski definition) is 3. The molecule has 2 N–H and O–H groups in total. The molecule has 3 heteroatoms. The quantitative estimate of drug-likeness (QED) is 0.616. The van der Waals surface area contributed by atoms with Crippen molar-refractivity contribution < 1.29 is 0 Å². The van der Waals surface area contributed by atoms with Crippen molar-refractivity contribution in [3.63, 3.8) is 0 Å². The average Bonchev–Trinajstić information content (AvgIpc) is 2.18. The number of unbranched alkanes of at least 4 members (excludes halogenated alkanes) is 1. The summed E-state index contributed by atoms with van der Waals surface area (Å²) in [7, 11) is 4.27. The summed E-state index contributed by atoms with van der Waals surface area (Å²) in [5.41, 5.74) is 0. The molecular weight excluding hydrogens is 174 g/mol. The van der Waals surface area contributed by atoms with E-state index < -0.39 is 0 Å². The summed E-state index contributed by atoms with van der Waals surface area (Å²) in [6.45, 7) is 4.76. The summed E-state index contributed by atoms with van der Waals surface area (Å²) >= 11 is 0. The molecule has 1 rings (SSSR count). The molecule has 1 aliphatic heterocycles. The Kier molecular flexibility index (Phi) is 6.15. The predicted octanol–water partition coefficient (Wildman–Crippen LogP) is 0.670. The summed E-state index contributed by atoms with van der Waals surface area (Å²) < 4.78 is 0. The van der Waals surface area contributed by atoms with E-state index in [0.29, 0.717) is 0 Å².